The predicted molar refractivity (Wildman–Crippen MR) is 96.3 cm³/mol. The minimum Gasteiger partial charge on any atom is -0.487 e. The fourth-order valence-electron chi connectivity index (χ4n) is 2.87. The van der Waals surface area contributed by atoms with Crippen LogP contribution in [0.1, 0.15) is 29.5 Å². The van der Waals surface area contributed by atoms with Crippen LogP contribution in [0.4, 0.5) is 0 Å². The van der Waals surface area contributed by atoms with Gasteiger partial charge in [0.2, 0.25) is 0 Å². The molecule has 2 aromatic rings. The number of hydrogen-bond donors (Lipinski definition) is 1. The molecular formula is C19H23N3O5. The first-order valence-electron chi connectivity index (χ1n) is 8.94. The Morgan fingerprint density at radius 1 is 1.33 bits per heavy atom. The van der Waals surface area contributed by atoms with E-state index in [1.54, 1.807) is 17.9 Å². The Balaban J connectivity index is 1.62. The predicted octanol–water partition coefficient (Wildman–Crippen LogP) is 1.78. The van der Waals surface area contributed by atoms with Crippen molar-refractivity contribution in [2.24, 2.45) is 0 Å². The van der Waals surface area contributed by atoms with Crippen molar-refractivity contribution in [3.05, 3.63) is 47.8 Å². The number of amides is 1. The van der Waals surface area contributed by atoms with Crippen LogP contribution in [-0.4, -0.2) is 59.4 Å². The summed E-state index contributed by atoms with van der Waals surface area (Å²) in [5.41, 5.74) is 0.981. The van der Waals surface area contributed by atoms with Crippen LogP contribution in [0.2, 0.25) is 0 Å². The number of benzene rings is 1. The molecule has 0 aliphatic carbocycles. The van der Waals surface area contributed by atoms with Crippen molar-refractivity contribution in [1.82, 2.24) is 15.1 Å². The third-order valence-corrected chi connectivity index (χ3v) is 4.18. The van der Waals surface area contributed by atoms with E-state index in [4.69, 9.17) is 14.2 Å². The van der Waals surface area contributed by atoms with Crippen LogP contribution in [-0.2, 0) is 20.9 Å². The Hall–Kier alpha value is -2.87. The molecule has 0 unspecified atom stereocenters. The maximum absolute atomic E-state index is 12.8. The van der Waals surface area contributed by atoms with E-state index in [1.165, 1.54) is 0 Å². The molecule has 1 saturated heterocycles. The van der Waals surface area contributed by atoms with Crippen LogP contribution in [0.25, 0.3) is 0 Å². The number of carbonyl (C=O) groups is 2. The van der Waals surface area contributed by atoms with Crippen molar-refractivity contribution in [3.8, 4) is 5.75 Å². The van der Waals surface area contributed by atoms with Gasteiger partial charge in [-0.2, -0.15) is 5.10 Å². The van der Waals surface area contributed by atoms with E-state index in [9.17, 15) is 9.59 Å². The summed E-state index contributed by atoms with van der Waals surface area (Å²) < 4.78 is 16.1. The summed E-state index contributed by atoms with van der Waals surface area (Å²) in [5, 5.41) is 6.93. The minimum absolute atomic E-state index is 0.105. The standard InChI is InChI=1S/C19H23N3O5/c1-2-26-18(23)11-15-13-25-9-8-22(15)19(24)17-10-14(20-21-17)12-27-16-6-4-3-5-7-16/h3-7,10,15H,2,8-9,11-13H2,1H3,(H,20,21)/t15-/m1/s1. The fourth-order valence-corrected chi connectivity index (χ4v) is 2.87. The molecular weight excluding hydrogens is 350 g/mol. The van der Waals surface area contributed by atoms with Gasteiger partial charge in [-0.1, -0.05) is 18.2 Å². The molecule has 27 heavy (non-hydrogen) atoms. The molecule has 2 heterocycles. The van der Waals surface area contributed by atoms with Gasteiger partial charge in [-0.15, -0.1) is 0 Å². The molecule has 1 N–H and O–H groups in total. The van der Waals surface area contributed by atoms with Gasteiger partial charge in [0.25, 0.3) is 5.91 Å². The molecule has 0 radical (unpaired) electrons. The highest BCUT2D eigenvalue weighted by molar-refractivity contribution is 5.93. The summed E-state index contributed by atoms with van der Waals surface area (Å²) in [5.74, 6) is 0.155. The summed E-state index contributed by atoms with van der Waals surface area (Å²) in [4.78, 5) is 26.2. The molecule has 1 atom stereocenters. The molecule has 1 fully saturated rings. The molecule has 0 spiro atoms. The quantitative estimate of drug-likeness (QED) is 0.744. The van der Waals surface area contributed by atoms with Crippen molar-refractivity contribution in [2.75, 3.05) is 26.4 Å². The van der Waals surface area contributed by atoms with E-state index in [2.05, 4.69) is 10.2 Å². The summed E-state index contributed by atoms with van der Waals surface area (Å²) in [6.45, 7) is 3.48. The maximum atomic E-state index is 12.8. The number of nitrogens with zero attached hydrogens (tertiary/aromatic N) is 2. The van der Waals surface area contributed by atoms with Gasteiger partial charge in [0.05, 0.1) is 38.0 Å². The number of ether oxygens (including phenoxy) is 3. The minimum atomic E-state index is -0.356. The number of aromatic nitrogens is 2. The van der Waals surface area contributed by atoms with Crippen LogP contribution < -0.4 is 4.74 Å². The molecule has 0 saturated carbocycles. The van der Waals surface area contributed by atoms with E-state index in [1.807, 2.05) is 30.3 Å². The van der Waals surface area contributed by atoms with Gasteiger partial charge in [-0.3, -0.25) is 14.7 Å². The Labute approximate surface area is 157 Å². The molecule has 8 heteroatoms. The lowest BCUT2D eigenvalue weighted by Crippen LogP contribution is -2.49. The van der Waals surface area contributed by atoms with E-state index < -0.39 is 0 Å². The van der Waals surface area contributed by atoms with Gasteiger partial charge in [-0.25, -0.2) is 0 Å². The molecule has 1 aromatic carbocycles. The molecule has 0 bridgehead atoms. The average molecular weight is 373 g/mol. The summed E-state index contributed by atoms with van der Waals surface area (Å²) in [6, 6.07) is 10.7. The Bertz CT molecular complexity index is 762. The van der Waals surface area contributed by atoms with E-state index in [0.717, 1.165) is 5.75 Å². The lowest BCUT2D eigenvalue weighted by Gasteiger charge is -2.34. The summed E-state index contributed by atoms with van der Waals surface area (Å²) in [7, 11) is 0. The second-order valence-electron chi connectivity index (χ2n) is 6.12. The first kappa shape index (κ1) is 18.9. The fraction of sp³-hybridized carbons (Fsp3) is 0.421. The number of para-hydroxylation sites is 1. The molecule has 1 aliphatic rings. The van der Waals surface area contributed by atoms with Crippen LogP contribution in [0, 0.1) is 0 Å². The lowest BCUT2D eigenvalue weighted by atomic mass is 10.1. The smallest absolute Gasteiger partial charge is 0.307 e. The first-order chi connectivity index (χ1) is 13.2. The molecule has 8 nitrogen and oxygen atoms in total. The maximum Gasteiger partial charge on any atom is 0.307 e. The highest BCUT2D eigenvalue weighted by Crippen LogP contribution is 2.16. The number of esters is 1. The first-order valence-corrected chi connectivity index (χ1v) is 8.94. The van der Waals surface area contributed by atoms with E-state index >= 15 is 0 Å². The number of rotatable bonds is 7. The molecule has 1 aliphatic heterocycles. The SMILES string of the molecule is CCOC(=O)C[C@@H]1COCCN1C(=O)c1cc(COc2ccccc2)[nH]n1. The van der Waals surface area contributed by atoms with Crippen LogP contribution in [0.3, 0.4) is 0 Å². The van der Waals surface area contributed by atoms with Crippen molar-refractivity contribution >= 4 is 11.9 Å². The Morgan fingerprint density at radius 2 is 2.15 bits per heavy atom. The largest absolute Gasteiger partial charge is 0.487 e. The van der Waals surface area contributed by atoms with Crippen molar-refractivity contribution < 1.29 is 23.8 Å². The van der Waals surface area contributed by atoms with Crippen LogP contribution in [0.5, 0.6) is 5.75 Å². The van der Waals surface area contributed by atoms with Gasteiger partial charge >= 0.3 is 5.97 Å². The molecule has 1 amide bonds. The van der Waals surface area contributed by atoms with Gasteiger partial charge < -0.3 is 19.1 Å². The normalized spacial score (nSPS) is 16.8. The van der Waals surface area contributed by atoms with E-state index in [0.29, 0.717) is 32.1 Å². The highest BCUT2D eigenvalue weighted by atomic mass is 16.5. The highest BCUT2D eigenvalue weighted by Gasteiger charge is 2.31. The van der Waals surface area contributed by atoms with E-state index in [-0.39, 0.29) is 36.6 Å². The van der Waals surface area contributed by atoms with Crippen LogP contribution in [0.15, 0.2) is 36.4 Å². The number of aromatic amines is 1. The zero-order valence-corrected chi connectivity index (χ0v) is 15.2. The third kappa shape index (κ3) is 5.07. The zero-order valence-electron chi connectivity index (χ0n) is 15.2. The summed E-state index contributed by atoms with van der Waals surface area (Å²) >= 11 is 0. The number of hydrogen-bond acceptors (Lipinski definition) is 6. The Kier molecular flexibility index (Phi) is 6.43. The number of morpholine rings is 1. The van der Waals surface area contributed by atoms with Crippen molar-refractivity contribution in [2.45, 2.75) is 26.0 Å². The zero-order chi connectivity index (χ0) is 19.1. The van der Waals surface area contributed by atoms with Gasteiger partial charge in [-0.05, 0) is 25.1 Å². The van der Waals surface area contributed by atoms with Gasteiger partial charge in [0, 0.05) is 6.54 Å². The molecule has 144 valence electrons. The van der Waals surface area contributed by atoms with Crippen molar-refractivity contribution in [3.63, 3.8) is 0 Å². The second kappa shape index (κ2) is 9.18. The van der Waals surface area contributed by atoms with Gasteiger partial charge in [0.15, 0.2) is 5.69 Å². The average Bonchev–Trinajstić information content (AvgIpc) is 3.16. The van der Waals surface area contributed by atoms with Gasteiger partial charge in [0.1, 0.15) is 12.4 Å². The second-order valence-corrected chi connectivity index (χ2v) is 6.12. The lowest BCUT2D eigenvalue weighted by molar-refractivity contribution is -0.145. The number of carbonyl (C=O) groups excluding carboxylic acids is 2. The topological polar surface area (TPSA) is 93.8 Å². The molecule has 1 aromatic heterocycles. The number of nitrogens with one attached hydrogen (secondary N) is 1. The van der Waals surface area contributed by atoms with Crippen molar-refractivity contribution in [1.29, 1.82) is 0 Å². The monoisotopic (exact) mass is 373 g/mol. The number of H-pyrrole nitrogens is 1. The summed E-state index contributed by atoms with van der Waals surface area (Å²) in [6.07, 6.45) is 0.105. The molecule has 3 rings (SSSR count). The Morgan fingerprint density at radius 3 is 2.93 bits per heavy atom. The third-order valence-electron chi connectivity index (χ3n) is 4.18. The van der Waals surface area contributed by atoms with Crippen LogP contribution >= 0.6 is 0 Å².